The van der Waals surface area contributed by atoms with E-state index in [1.165, 1.54) is 0 Å². The zero-order valence-electron chi connectivity index (χ0n) is 19.5. The Bertz CT molecular complexity index is 1200. The third kappa shape index (κ3) is 4.72. The summed E-state index contributed by atoms with van der Waals surface area (Å²) in [7, 11) is 0. The first kappa shape index (κ1) is 24.0. The van der Waals surface area contributed by atoms with Crippen LogP contribution in [0.15, 0.2) is 59.1 Å². The van der Waals surface area contributed by atoms with Crippen LogP contribution in [-0.4, -0.2) is 18.2 Å². The molecule has 0 saturated carbocycles. The molecule has 0 aromatic heterocycles. The maximum absolute atomic E-state index is 13.1. The molecule has 0 N–H and O–H groups in total. The summed E-state index contributed by atoms with van der Waals surface area (Å²) >= 11 is 12.7. The van der Waals surface area contributed by atoms with Gasteiger partial charge in [-0.15, -0.1) is 0 Å². The van der Waals surface area contributed by atoms with Crippen LogP contribution in [0.3, 0.4) is 0 Å². The highest BCUT2D eigenvalue weighted by Gasteiger charge is 2.42. The number of halogens is 2. The van der Waals surface area contributed by atoms with Crippen molar-refractivity contribution in [3.8, 4) is 11.5 Å². The lowest BCUT2D eigenvalue weighted by molar-refractivity contribution is -0.117. The van der Waals surface area contributed by atoms with E-state index in [-0.39, 0.29) is 18.2 Å². The Labute approximate surface area is 214 Å². The van der Waals surface area contributed by atoms with Crippen LogP contribution >= 0.6 is 23.2 Å². The molecule has 0 bridgehead atoms. The highest BCUT2D eigenvalue weighted by molar-refractivity contribution is 6.32. The third-order valence-electron chi connectivity index (χ3n) is 6.60. The molecule has 0 unspecified atom stereocenters. The van der Waals surface area contributed by atoms with Crippen molar-refractivity contribution in [1.29, 1.82) is 0 Å². The van der Waals surface area contributed by atoms with Crippen molar-refractivity contribution in [2.24, 2.45) is 0 Å². The highest BCUT2D eigenvalue weighted by atomic mass is 35.5. The molecule has 35 heavy (non-hydrogen) atoms. The molecule has 0 saturated heterocycles. The largest absolute Gasteiger partial charge is 0.490 e. The van der Waals surface area contributed by atoms with Crippen LogP contribution in [-0.2, 0) is 20.9 Å². The molecule has 1 aliphatic heterocycles. The number of rotatable bonds is 6. The Kier molecular flexibility index (Phi) is 6.90. The first-order chi connectivity index (χ1) is 17.0. The van der Waals surface area contributed by atoms with Gasteiger partial charge in [0.2, 0.25) is 0 Å². The third-order valence-corrected chi connectivity index (χ3v) is 7.13. The van der Waals surface area contributed by atoms with Gasteiger partial charge in [-0.2, -0.15) is 0 Å². The minimum absolute atomic E-state index is 0.0262. The molecule has 182 valence electrons. The maximum Gasteiger partial charge on any atom is 0.180 e. The Hall–Kier alpha value is -2.76. The Balaban J connectivity index is 1.56. The number of hydrogen-bond donors (Lipinski definition) is 0. The molecule has 0 fully saturated rings. The van der Waals surface area contributed by atoms with E-state index in [4.69, 9.17) is 37.4 Å². The predicted octanol–water partition coefficient (Wildman–Crippen LogP) is 7.10. The minimum atomic E-state index is -0.503. The van der Waals surface area contributed by atoms with Crippen molar-refractivity contribution in [3.63, 3.8) is 0 Å². The van der Waals surface area contributed by atoms with E-state index in [0.29, 0.717) is 76.5 Å². The zero-order chi connectivity index (χ0) is 24.5. The molecule has 2 aromatic carbocycles. The molecule has 1 heterocycles. The van der Waals surface area contributed by atoms with Crippen LogP contribution in [0.25, 0.3) is 0 Å². The number of hydrogen-bond acceptors (Lipinski definition) is 5. The summed E-state index contributed by atoms with van der Waals surface area (Å²) in [4.78, 5) is 26.1. The lowest BCUT2D eigenvalue weighted by atomic mass is 9.73. The second-order valence-electron chi connectivity index (χ2n) is 8.94. The molecule has 0 atom stereocenters. The summed E-state index contributed by atoms with van der Waals surface area (Å²) < 4.78 is 18.1. The minimum Gasteiger partial charge on any atom is -0.490 e. The summed E-state index contributed by atoms with van der Waals surface area (Å²) in [5.41, 5.74) is 2.84. The number of Topliss-reactive ketones (excluding diaryl/α,β-unsaturated/α-hetero) is 2. The van der Waals surface area contributed by atoms with Crippen LogP contribution in [0.4, 0.5) is 0 Å². The lowest BCUT2D eigenvalue weighted by Crippen LogP contribution is -2.30. The van der Waals surface area contributed by atoms with E-state index in [1.54, 1.807) is 18.2 Å². The van der Waals surface area contributed by atoms with E-state index < -0.39 is 5.92 Å². The molecule has 0 spiro atoms. The van der Waals surface area contributed by atoms with Gasteiger partial charge in [0.15, 0.2) is 23.1 Å². The molecule has 5 nitrogen and oxygen atoms in total. The average molecular weight is 513 g/mol. The van der Waals surface area contributed by atoms with Gasteiger partial charge in [0.25, 0.3) is 0 Å². The van der Waals surface area contributed by atoms with Crippen molar-refractivity contribution in [3.05, 3.63) is 80.2 Å². The van der Waals surface area contributed by atoms with Gasteiger partial charge in [0.1, 0.15) is 18.1 Å². The van der Waals surface area contributed by atoms with Crippen molar-refractivity contribution in [1.82, 2.24) is 0 Å². The Morgan fingerprint density at radius 1 is 0.886 bits per heavy atom. The summed E-state index contributed by atoms with van der Waals surface area (Å²) in [6.07, 6.45) is 3.79. The number of carbonyl (C=O) groups is 2. The van der Waals surface area contributed by atoms with E-state index in [9.17, 15) is 9.59 Å². The fourth-order valence-corrected chi connectivity index (χ4v) is 5.44. The molecular formula is C28H26Cl2O5. The standard InChI is InChI=1S/C28H26Cl2O5/c1-2-33-24-14-17(13-19(30)28(24)34-15-16-9-11-18(29)12-10-16)25-26-20(31)5-3-7-22(26)35-23-8-4-6-21(32)27(23)25/h9-14,25H,2-8,15H2,1H3. The number of allylic oxidation sites excluding steroid dienone is 4. The highest BCUT2D eigenvalue weighted by Crippen LogP contribution is 2.50. The van der Waals surface area contributed by atoms with Crippen LogP contribution in [0.5, 0.6) is 11.5 Å². The van der Waals surface area contributed by atoms with Crippen LogP contribution in [0.2, 0.25) is 10.0 Å². The smallest absolute Gasteiger partial charge is 0.180 e. The van der Waals surface area contributed by atoms with Gasteiger partial charge in [-0.1, -0.05) is 35.3 Å². The molecule has 7 heteroatoms. The van der Waals surface area contributed by atoms with Crippen molar-refractivity contribution in [2.45, 2.75) is 58.0 Å². The molecule has 2 aromatic rings. The monoisotopic (exact) mass is 512 g/mol. The van der Waals surface area contributed by atoms with E-state index in [2.05, 4.69) is 0 Å². The van der Waals surface area contributed by atoms with E-state index >= 15 is 0 Å². The second kappa shape index (κ2) is 10.1. The molecule has 2 aliphatic carbocycles. The predicted molar refractivity (Wildman–Crippen MR) is 134 cm³/mol. The molecule has 3 aliphatic rings. The lowest BCUT2D eigenvalue weighted by Gasteiger charge is -2.36. The van der Waals surface area contributed by atoms with Gasteiger partial charge in [-0.05, 0) is 55.2 Å². The normalized spacial score (nSPS) is 18.3. The summed E-state index contributed by atoms with van der Waals surface area (Å²) in [5.74, 6) is 1.83. The van der Waals surface area contributed by atoms with Crippen molar-refractivity contribution in [2.75, 3.05) is 6.61 Å². The zero-order valence-corrected chi connectivity index (χ0v) is 21.0. The molecule has 5 rings (SSSR count). The average Bonchev–Trinajstić information content (AvgIpc) is 2.84. The summed E-state index contributed by atoms with van der Waals surface area (Å²) in [6, 6.07) is 11.0. The van der Waals surface area contributed by atoms with Crippen molar-refractivity contribution < 1.29 is 23.8 Å². The van der Waals surface area contributed by atoms with E-state index in [1.807, 2.05) is 25.1 Å². The number of ketones is 2. The first-order valence-corrected chi connectivity index (χ1v) is 12.8. The summed E-state index contributed by atoms with van der Waals surface area (Å²) in [6.45, 7) is 2.58. The topological polar surface area (TPSA) is 61.8 Å². The fraction of sp³-hybridized carbons (Fsp3) is 0.357. The van der Waals surface area contributed by atoms with Gasteiger partial charge in [-0.3, -0.25) is 9.59 Å². The van der Waals surface area contributed by atoms with Gasteiger partial charge in [0, 0.05) is 47.8 Å². The quantitative estimate of drug-likeness (QED) is 0.412. The Morgan fingerprint density at radius 3 is 2.11 bits per heavy atom. The first-order valence-electron chi connectivity index (χ1n) is 12.0. The SMILES string of the molecule is CCOc1cc(C2C3=C(CCCC3=O)OC3=C2C(=O)CCC3)cc(Cl)c1OCc1ccc(Cl)cc1. The van der Waals surface area contributed by atoms with Crippen molar-refractivity contribution >= 4 is 34.8 Å². The van der Waals surface area contributed by atoms with Gasteiger partial charge >= 0.3 is 0 Å². The fourth-order valence-electron chi connectivity index (χ4n) is 5.04. The second-order valence-corrected chi connectivity index (χ2v) is 9.78. The molecule has 0 amide bonds. The maximum atomic E-state index is 13.1. The van der Waals surface area contributed by atoms with Crippen LogP contribution in [0.1, 0.15) is 62.5 Å². The number of carbonyl (C=O) groups excluding carboxylic acids is 2. The van der Waals surface area contributed by atoms with E-state index in [0.717, 1.165) is 24.0 Å². The molecular weight excluding hydrogens is 487 g/mol. The summed E-state index contributed by atoms with van der Waals surface area (Å²) in [5, 5.41) is 1.02. The van der Waals surface area contributed by atoms with Crippen LogP contribution < -0.4 is 9.47 Å². The van der Waals surface area contributed by atoms with Gasteiger partial charge in [-0.25, -0.2) is 0 Å². The van der Waals surface area contributed by atoms with Gasteiger partial charge < -0.3 is 14.2 Å². The number of ether oxygens (including phenoxy) is 3. The number of benzene rings is 2. The van der Waals surface area contributed by atoms with Crippen LogP contribution in [0, 0.1) is 0 Å². The molecule has 0 radical (unpaired) electrons. The van der Waals surface area contributed by atoms with Gasteiger partial charge in [0.05, 0.1) is 11.6 Å². The Morgan fingerprint density at radius 2 is 1.51 bits per heavy atom.